The summed E-state index contributed by atoms with van der Waals surface area (Å²) in [6.07, 6.45) is 0. The topological polar surface area (TPSA) is 38.7 Å². The van der Waals surface area contributed by atoms with E-state index in [2.05, 4.69) is 182 Å². The zero-order valence-corrected chi connectivity index (χ0v) is 31.7. The van der Waals surface area contributed by atoms with E-state index in [9.17, 15) is 0 Å². The molecule has 0 bridgehead atoms. The maximum atomic E-state index is 5.15. The minimum atomic E-state index is 0.639. The zero-order valence-electron chi connectivity index (χ0n) is 30.1. The summed E-state index contributed by atoms with van der Waals surface area (Å²) in [5.74, 6) is 1.92. The standard InChI is InChI=1S/C51H31N3S2/c1-2-10-32(11-3-1)33-20-24-35(25-21-33)49-52-50(36-26-22-34(23-27-36)37-28-29-42-41-14-4-6-17-44(41)56-47(42)31-37)54-51(53-49)39-13-8-12-38(30-39)40-16-9-19-46-48(40)43-15-5-7-18-45(43)55-46/h1-31H. The molecule has 3 nitrogen and oxygen atoms in total. The summed E-state index contributed by atoms with van der Waals surface area (Å²) in [7, 11) is 0. The third-order valence-corrected chi connectivity index (χ3v) is 12.8. The zero-order chi connectivity index (χ0) is 37.0. The molecule has 11 aromatic rings. The van der Waals surface area contributed by atoms with Gasteiger partial charge in [-0.1, -0.05) is 158 Å². The van der Waals surface area contributed by atoms with Crippen LogP contribution >= 0.6 is 22.7 Å². The molecule has 0 spiro atoms. The molecule has 0 unspecified atom stereocenters. The molecular formula is C51H31N3S2. The monoisotopic (exact) mass is 749 g/mol. The minimum Gasteiger partial charge on any atom is -0.208 e. The Balaban J connectivity index is 1.01. The fraction of sp³-hybridized carbons (Fsp3) is 0. The first-order chi connectivity index (χ1) is 27.7. The number of aromatic nitrogens is 3. The molecule has 8 aromatic carbocycles. The Morgan fingerprint density at radius 2 is 0.732 bits per heavy atom. The molecule has 0 aliphatic carbocycles. The fourth-order valence-corrected chi connectivity index (χ4v) is 10.0. The molecule has 3 aromatic heterocycles. The first-order valence-corrected chi connectivity index (χ1v) is 20.3. The van der Waals surface area contributed by atoms with Gasteiger partial charge in [-0.3, -0.25) is 0 Å². The van der Waals surface area contributed by atoms with Gasteiger partial charge >= 0.3 is 0 Å². The SMILES string of the molecule is c1ccc(-c2ccc(-c3nc(-c4ccc(-c5ccc6c(c5)sc5ccccc56)cc4)nc(-c4cccc(-c5cccc6sc7ccccc7c56)c4)n3)cc2)cc1. The normalized spacial score (nSPS) is 11.6. The van der Waals surface area contributed by atoms with E-state index in [0.717, 1.165) is 33.4 Å². The van der Waals surface area contributed by atoms with E-state index in [1.807, 2.05) is 28.7 Å². The van der Waals surface area contributed by atoms with Gasteiger partial charge in [0, 0.05) is 57.0 Å². The Bertz CT molecular complexity index is 3230. The van der Waals surface area contributed by atoms with Crippen LogP contribution in [0.3, 0.4) is 0 Å². The quantitative estimate of drug-likeness (QED) is 0.170. The molecule has 0 radical (unpaired) electrons. The first-order valence-electron chi connectivity index (χ1n) is 18.7. The summed E-state index contributed by atoms with van der Waals surface area (Å²) in [6, 6.07) is 66.8. The van der Waals surface area contributed by atoms with Crippen LogP contribution in [0.2, 0.25) is 0 Å². The van der Waals surface area contributed by atoms with E-state index < -0.39 is 0 Å². The lowest BCUT2D eigenvalue weighted by atomic mass is 9.98. The lowest BCUT2D eigenvalue weighted by Crippen LogP contribution is -2.00. The van der Waals surface area contributed by atoms with Crippen molar-refractivity contribution in [3.63, 3.8) is 0 Å². The predicted octanol–water partition coefficient (Wildman–Crippen LogP) is 14.6. The molecule has 0 aliphatic rings. The van der Waals surface area contributed by atoms with Crippen LogP contribution in [0.1, 0.15) is 0 Å². The van der Waals surface area contributed by atoms with Gasteiger partial charge in [-0.2, -0.15) is 0 Å². The summed E-state index contributed by atoms with van der Waals surface area (Å²) < 4.78 is 5.19. The average Bonchev–Trinajstić information content (AvgIpc) is 3.85. The smallest absolute Gasteiger partial charge is 0.164 e. The second-order valence-corrected chi connectivity index (χ2v) is 16.2. The highest BCUT2D eigenvalue weighted by Crippen LogP contribution is 2.41. The summed E-state index contributed by atoms with van der Waals surface area (Å²) in [6.45, 7) is 0. The molecule has 5 heteroatoms. The Morgan fingerprint density at radius 1 is 0.268 bits per heavy atom. The van der Waals surface area contributed by atoms with Gasteiger partial charge in [0.25, 0.3) is 0 Å². The molecule has 11 rings (SSSR count). The third kappa shape index (κ3) is 5.77. The summed E-state index contributed by atoms with van der Waals surface area (Å²) >= 11 is 3.68. The molecule has 0 saturated heterocycles. The fourth-order valence-electron chi connectivity index (χ4n) is 7.76. The predicted molar refractivity (Wildman–Crippen MR) is 238 cm³/mol. The molecule has 0 amide bonds. The highest BCUT2D eigenvalue weighted by atomic mass is 32.1. The van der Waals surface area contributed by atoms with Gasteiger partial charge in [0.1, 0.15) is 0 Å². The van der Waals surface area contributed by atoms with Crippen molar-refractivity contribution in [3.8, 4) is 67.5 Å². The van der Waals surface area contributed by atoms with Crippen molar-refractivity contribution in [2.45, 2.75) is 0 Å². The van der Waals surface area contributed by atoms with Crippen LogP contribution in [0.5, 0.6) is 0 Å². The van der Waals surface area contributed by atoms with Crippen LogP contribution < -0.4 is 0 Å². The van der Waals surface area contributed by atoms with Gasteiger partial charge in [-0.15, -0.1) is 22.7 Å². The summed E-state index contributed by atoms with van der Waals surface area (Å²) in [5, 5.41) is 5.18. The van der Waals surface area contributed by atoms with Crippen LogP contribution in [-0.4, -0.2) is 15.0 Å². The van der Waals surface area contributed by atoms with Crippen molar-refractivity contribution in [3.05, 3.63) is 188 Å². The van der Waals surface area contributed by atoms with E-state index in [1.165, 1.54) is 57.0 Å². The van der Waals surface area contributed by atoms with Crippen molar-refractivity contribution in [2.24, 2.45) is 0 Å². The summed E-state index contributed by atoms with van der Waals surface area (Å²) in [5.41, 5.74) is 9.83. The Labute approximate surface area is 331 Å². The Hall–Kier alpha value is -6.79. The summed E-state index contributed by atoms with van der Waals surface area (Å²) in [4.78, 5) is 15.4. The molecule has 56 heavy (non-hydrogen) atoms. The Morgan fingerprint density at radius 3 is 1.46 bits per heavy atom. The van der Waals surface area contributed by atoms with Crippen LogP contribution in [0.15, 0.2) is 188 Å². The van der Waals surface area contributed by atoms with Gasteiger partial charge in [0.15, 0.2) is 17.5 Å². The molecule has 0 saturated carbocycles. The van der Waals surface area contributed by atoms with Crippen LogP contribution in [0, 0.1) is 0 Å². The second-order valence-electron chi connectivity index (χ2n) is 14.0. The second kappa shape index (κ2) is 13.5. The molecular weight excluding hydrogens is 719 g/mol. The van der Waals surface area contributed by atoms with Crippen molar-refractivity contribution in [1.82, 2.24) is 15.0 Å². The van der Waals surface area contributed by atoms with Crippen molar-refractivity contribution in [2.75, 3.05) is 0 Å². The van der Waals surface area contributed by atoms with E-state index >= 15 is 0 Å². The first kappa shape index (κ1) is 32.6. The van der Waals surface area contributed by atoms with Crippen molar-refractivity contribution >= 4 is 63.0 Å². The maximum Gasteiger partial charge on any atom is 0.164 e. The largest absolute Gasteiger partial charge is 0.208 e. The molecule has 262 valence electrons. The number of rotatable bonds is 6. The van der Waals surface area contributed by atoms with Gasteiger partial charge in [-0.25, -0.2) is 15.0 Å². The van der Waals surface area contributed by atoms with Crippen LogP contribution in [0.4, 0.5) is 0 Å². The maximum absolute atomic E-state index is 5.15. The average molecular weight is 750 g/mol. The van der Waals surface area contributed by atoms with E-state index in [-0.39, 0.29) is 0 Å². The number of hydrogen-bond acceptors (Lipinski definition) is 5. The molecule has 0 aliphatic heterocycles. The molecule has 0 fully saturated rings. The van der Waals surface area contributed by atoms with Gasteiger partial charge in [0.2, 0.25) is 0 Å². The number of nitrogens with zero attached hydrogens (tertiary/aromatic N) is 3. The highest BCUT2D eigenvalue weighted by Gasteiger charge is 2.16. The van der Waals surface area contributed by atoms with E-state index in [0.29, 0.717) is 17.5 Å². The molecule has 0 atom stereocenters. The number of thiophene rings is 2. The van der Waals surface area contributed by atoms with Crippen LogP contribution in [-0.2, 0) is 0 Å². The van der Waals surface area contributed by atoms with Gasteiger partial charge in [-0.05, 0) is 63.7 Å². The number of fused-ring (bicyclic) bond motifs is 6. The lowest BCUT2D eigenvalue weighted by molar-refractivity contribution is 1.07. The number of hydrogen-bond donors (Lipinski definition) is 0. The van der Waals surface area contributed by atoms with Crippen molar-refractivity contribution in [1.29, 1.82) is 0 Å². The van der Waals surface area contributed by atoms with Crippen molar-refractivity contribution < 1.29 is 0 Å². The third-order valence-electron chi connectivity index (χ3n) is 10.6. The van der Waals surface area contributed by atoms with Crippen LogP contribution in [0.25, 0.3) is 108 Å². The Kier molecular flexibility index (Phi) is 7.87. The number of benzene rings is 8. The van der Waals surface area contributed by atoms with E-state index in [1.54, 1.807) is 0 Å². The highest BCUT2D eigenvalue weighted by molar-refractivity contribution is 7.26. The van der Waals surface area contributed by atoms with Gasteiger partial charge in [0.05, 0.1) is 0 Å². The minimum absolute atomic E-state index is 0.639. The van der Waals surface area contributed by atoms with E-state index in [4.69, 9.17) is 15.0 Å². The molecule has 0 N–H and O–H groups in total. The molecule has 3 heterocycles. The van der Waals surface area contributed by atoms with Gasteiger partial charge < -0.3 is 0 Å². The lowest BCUT2D eigenvalue weighted by Gasteiger charge is -2.11.